The molecule has 2 heterocycles. The zero-order valence-electron chi connectivity index (χ0n) is 15.6. The van der Waals surface area contributed by atoms with Crippen molar-refractivity contribution in [1.29, 1.82) is 0 Å². The third kappa shape index (κ3) is 4.35. The van der Waals surface area contributed by atoms with E-state index >= 15 is 0 Å². The van der Waals surface area contributed by atoms with Crippen molar-refractivity contribution in [2.24, 2.45) is 0 Å². The Labute approximate surface area is 174 Å². The molecule has 0 N–H and O–H groups in total. The highest BCUT2D eigenvalue weighted by Crippen LogP contribution is 2.25. The smallest absolute Gasteiger partial charge is 0.244 e. The van der Waals surface area contributed by atoms with Crippen molar-refractivity contribution >= 4 is 21.6 Å². The first-order chi connectivity index (χ1) is 13.9. The van der Waals surface area contributed by atoms with Crippen LogP contribution in [0.15, 0.2) is 65.7 Å². The van der Waals surface area contributed by atoms with Crippen LogP contribution >= 0.6 is 11.6 Å². The lowest BCUT2D eigenvalue weighted by Crippen LogP contribution is -2.48. The second-order valence-electron chi connectivity index (χ2n) is 6.84. The Bertz CT molecular complexity index is 1090. The van der Waals surface area contributed by atoms with Gasteiger partial charge in [0.15, 0.2) is 0 Å². The van der Waals surface area contributed by atoms with Gasteiger partial charge < -0.3 is 0 Å². The molecule has 3 aromatic rings. The van der Waals surface area contributed by atoms with Gasteiger partial charge in [0.2, 0.25) is 10.0 Å². The number of piperazine rings is 1. The molecule has 152 valence electrons. The average molecular weight is 435 g/mol. The van der Waals surface area contributed by atoms with Crippen LogP contribution in [0.2, 0.25) is 5.02 Å². The SMILES string of the molecule is O=S(=O)(c1ccccc1Cl)N1CCN(Cn2ccc(-c3ccc(F)cc3)n2)CC1. The molecule has 0 saturated carbocycles. The highest BCUT2D eigenvalue weighted by atomic mass is 35.5. The maximum Gasteiger partial charge on any atom is 0.244 e. The van der Waals surface area contributed by atoms with E-state index in [2.05, 4.69) is 10.00 Å². The molecule has 1 aliphatic rings. The fraction of sp³-hybridized carbons (Fsp3) is 0.250. The van der Waals surface area contributed by atoms with Crippen molar-refractivity contribution in [3.05, 3.63) is 71.6 Å². The summed E-state index contributed by atoms with van der Waals surface area (Å²) in [5.41, 5.74) is 1.62. The van der Waals surface area contributed by atoms with Crippen LogP contribution in [-0.2, 0) is 16.7 Å². The summed E-state index contributed by atoms with van der Waals surface area (Å²) in [7, 11) is -3.60. The number of halogens is 2. The third-order valence-corrected chi connectivity index (χ3v) is 7.31. The zero-order valence-corrected chi connectivity index (χ0v) is 17.2. The Hall–Kier alpha value is -2.26. The molecule has 6 nitrogen and oxygen atoms in total. The largest absolute Gasteiger partial charge is 0.282 e. The number of nitrogens with zero attached hydrogens (tertiary/aromatic N) is 4. The van der Waals surface area contributed by atoms with E-state index in [-0.39, 0.29) is 15.7 Å². The summed E-state index contributed by atoms with van der Waals surface area (Å²) in [6.07, 6.45) is 1.87. The number of sulfonamides is 1. The summed E-state index contributed by atoms with van der Waals surface area (Å²) < 4.78 is 42.0. The van der Waals surface area contributed by atoms with Gasteiger partial charge in [-0.3, -0.25) is 9.58 Å². The summed E-state index contributed by atoms with van der Waals surface area (Å²) in [6, 6.07) is 14.6. The lowest BCUT2D eigenvalue weighted by Gasteiger charge is -2.33. The lowest BCUT2D eigenvalue weighted by atomic mass is 10.1. The molecule has 1 fully saturated rings. The van der Waals surface area contributed by atoms with Gasteiger partial charge in [-0.1, -0.05) is 23.7 Å². The number of rotatable bonds is 5. The molecule has 9 heteroatoms. The molecule has 1 aliphatic heterocycles. The molecule has 29 heavy (non-hydrogen) atoms. The summed E-state index contributed by atoms with van der Waals surface area (Å²) >= 11 is 6.08. The molecule has 0 aliphatic carbocycles. The minimum Gasteiger partial charge on any atom is -0.282 e. The van der Waals surface area contributed by atoms with Crippen molar-refractivity contribution in [2.45, 2.75) is 11.6 Å². The van der Waals surface area contributed by atoms with E-state index in [1.54, 1.807) is 35.0 Å². The molecule has 4 rings (SSSR count). The molecule has 0 unspecified atom stereocenters. The van der Waals surface area contributed by atoms with Crippen LogP contribution in [0, 0.1) is 5.82 Å². The van der Waals surface area contributed by atoms with Gasteiger partial charge in [0.25, 0.3) is 0 Å². The maximum absolute atomic E-state index is 13.1. The first kappa shape index (κ1) is 20.0. The highest BCUT2D eigenvalue weighted by molar-refractivity contribution is 7.89. The lowest BCUT2D eigenvalue weighted by molar-refractivity contribution is 0.146. The summed E-state index contributed by atoms with van der Waals surface area (Å²) in [5, 5.41) is 4.77. The minimum atomic E-state index is -3.60. The van der Waals surface area contributed by atoms with Gasteiger partial charge in [0, 0.05) is 37.9 Å². The zero-order chi connectivity index (χ0) is 20.4. The van der Waals surface area contributed by atoms with Gasteiger partial charge >= 0.3 is 0 Å². The van der Waals surface area contributed by atoms with E-state index < -0.39 is 10.0 Å². The predicted molar refractivity (Wildman–Crippen MR) is 109 cm³/mol. The molecule has 1 saturated heterocycles. The van der Waals surface area contributed by atoms with Gasteiger partial charge in [-0.15, -0.1) is 0 Å². The number of hydrogen-bond donors (Lipinski definition) is 0. The number of benzene rings is 2. The molecular formula is C20H20ClFN4O2S. The number of hydrogen-bond acceptors (Lipinski definition) is 4. The van der Waals surface area contributed by atoms with Gasteiger partial charge in [-0.05, 0) is 42.5 Å². The fourth-order valence-electron chi connectivity index (χ4n) is 3.32. The predicted octanol–water partition coefficient (Wildman–Crippen LogP) is 3.31. The van der Waals surface area contributed by atoms with Crippen molar-refractivity contribution in [3.8, 4) is 11.3 Å². The molecule has 0 atom stereocenters. The van der Waals surface area contributed by atoms with Crippen molar-refractivity contribution in [3.63, 3.8) is 0 Å². The topological polar surface area (TPSA) is 58.4 Å². The molecule has 1 aromatic heterocycles. The van der Waals surface area contributed by atoms with E-state index in [0.29, 0.717) is 32.8 Å². The molecule has 0 spiro atoms. The van der Waals surface area contributed by atoms with Crippen LogP contribution in [0.25, 0.3) is 11.3 Å². The minimum absolute atomic E-state index is 0.145. The van der Waals surface area contributed by atoms with E-state index in [9.17, 15) is 12.8 Å². The second kappa shape index (κ2) is 8.23. The molecule has 0 bridgehead atoms. The van der Waals surface area contributed by atoms with Gasteiger partial charge in [0.1, 0.15) is 10.7 Å². The number of aromatic nitrogens is 2. The Kier molecular flexibility index (Phi) is 5.69. The van der Waals surface area contributed by atoms with E-state index in [0.717, 1.165) is 11.3 Å². The highest BCUT2D eigenvalue weighted by Gasteiger charge is 2.29. The van der Waals surface area contributed by atoms with Gasteiger partial charge in [-0.2, -0.15) is 9.40 Å². The van der Waals surface area contributed by atoms with Crippen LogP contribution < -0.4 is 0 Å². The summed E-state index contributed by atoms with van der Waals surface area (Å²) in [6.45, 7) is 2.52. The Balaban J connectivity index is 1.38. The second-order valence-corrected chi connectivity index (χ2v) is 9.15. The fourth-order valence-corrected chi connectivity index (χ4v) is 5.24. The molecular weight excluding hydrogens is 415 g/mol. The first-order valence-electron chi connectivity index (χ1n) is 9.20. The quantitative estimate of drug-likeness (QED) is 0.618. The van der Waals surface area contributed by atoms with Crippen LogP contribution in [0.4, 0.5) is 4.39 Å². The monoisotopic (exact) mass is 434 g/mol. The first-order valence-corrected chi connectivity index (χ1v) is 11.0. The van der Waals surface area contributed by atoms with E-state index in [1.165, 1.54) is 22.5 Å². The van der Waals surface area contributed by atoms with Crippen molar-refractivity contribution in [1.82, 2.24) is 19.0 Å². The van der Waals surface area contributed by atoms with Gasteiger partial charge in [0.05, 0.1) is 17.4 Å². The molecule has 0 radical (unpaired) electrons. The van der Waals surface area contributed by atoms with Gasteiger partial charge in [-0.25, -0.2) is 12.8 Å². The Morgan fingerprint density at radius 3 is 2.34 bits per heavy atom. The van der Waals surface area contributed by atoms with Crippen LogP contribution in [0.3, 0.4) is 0 Å². The van der Waals surface area contributed by atoms with Crippen molar-refractivity contribution in [2.75, 3.05) is 26.2 Å². The van der Waals surface area contributed by atoms with Crippen LogP contribution in [0.5, 0.6) is 0 Å². The third-order valence-electron chi connectivity index (χ3n) is 4.91. The average Bonchev–Trinajstić information content (AvgIpc) is 3.17. The van der Waals surface area contributed by atoms with Crippen LogP contribution in [-0.4, -0.2) is 53.6 Å². The standard InChI is InChI=1S/C20H20ClFN4O2S/c21-18-3-1-2-4-20(18)29(27,28)26-13-11-24(12-14-26)15-25-10-9-19(23-25)16-5-7-17(22)8-6-16/h1-10H,11-15H2. The molecule has 2 aromatic carbocycles. The maximum atomic E-state index is 13.1. The van der Waals surface area contributed by atoms with Crippen molar-refractivity contribution < 1.29 is 12.8 Å². The Morgan fingerprint density at radius 1 is 0.966 bits per heavy atom. The normalized spacial score (nSPS) is 16.2. The summed E-state index contributed by atoms with van der Waals surface area (Å²) in [5.74, 6) is -0.280. The van der Waals surface area contributed by atoms with E-state index in [4.69, 9.17) is 11.6 Å². The molecule has 0 amide bonds. The summed E-state index contributed by atoms with van der Waals surface area (Å²) in [4.78, 5) is 2.28. The van der Waals surface area contributed by atoms with Crippen LogP contribution in [0.1, 0.15) is 0 Å². The van der Waals surface area contributed by atoms with E-state index in [1.807, 2.05) is 12.3 Å². The Morgan fingerprint density at radius 2 is 1.66 bits per heavy atom.